The quantitative estimate of drug-likeness (QED) is 0.917. The fourth-order valence-corrected chi connectivity index (χ4v) is 3.04. The van der Waals surface area contributed by atoms with Gasteiger partial charge in [0.2, 0.25) is 5.91 Å². The third kappa shape index (κ3) is 3.75. The van der Waals surface area contributed by atoms with Crippen molar-refractivity contribution in [1.82, 2.24) is 9.80 Å². The smallest absolute Gasteiger partial charge is 0.254 e. The number of aryl methyl sites for hydroxylation is 1. The van der Waals surface area contributed by atoms with Crippen LogP contribution < -0.4 is 5.73 Å². The summed E-state index contributed by atoms with van der Waals surface area (Å²) in [4.78, 5) is 28.4. The number of carbonyl (C=O) groups is 2. The molecule has 3 rings (SSSR count). The summed E-state index contributed by atoms with van der Waals surface area (Å²) in [5.41, 5.74) is 7.68. The molecule has 6 heteroatoms. The van der Waals surface area contributed by atoms with Crippen LogP contribution in [0.4, 0.5) is 4.39 Å². The second-order valence-electron chi connectivity index (χ2n) is 6.47. The maximum atomic E-state index is 13.7. The summed E-state index contributed by atoms with van der Waals surface area (Å²) in [7, 11) is 0. The molecule has 1 aliphatic rings. The minimum Gasteiger partial charge on any atom is -0.337 e. The number of hydrogen-bond donors (Lipinski definition) is 1. The third-order valence-corrected chi connectivity index (χ3v) is 4.72. The van der Waals surface area contributed by atoms with Crippen LogP contribution in [-0.4, -0.2) is 47.8 Å². The Morgan fingerprint density at radius 2 is 1.62 bits per heavy atom. The van der Waals surface area contributed by atoms with E-state index in [9.17, 15) is 14.0 Å². The molecule has 2 amide bonds. The molecule has 1 atom stereocenters. The molecule has 0 aliphatic carbocycles. The Morgan fingerprint density at radius 3 is 2.23 bits per heavy atom. The van der Waals surface area contributed by atoms with Crippen LogP contribution in [0.25, 0.3) is 0 Å². The molecule has 1 heterocycles. The Morgan fingerprint density at radius 1 is 1.00 bits per heavy atom. The van der Waals surface area contributed by atoms with Gasteiger partial charge in [-0.2, -0.15) is 0 Å². The van der Waals surface area contributed by atoms with Crippen LogP contribution in [0.5, 0.6) is 0 Å². The van der Waals surface area contributed by atoms with Crippen molar-refractivity contribution in [2.75, 3.05) is 26.2 Å². The van der Waals surface area contributed by atoms with Gasteiger partial charge in [-0.05, 0) is 30.2 Å². The number of piperazine rings is 1. The van der Waals surface area contributed by atoms with Crippen LogP contribution in [0, 0.1) is 12.7 Å². The molecular weight excluding hydrogens is 333 g/mol. The van der Waals surface area contributed by atoms with E-state index in [0.29, 0.717) is 37.3 Å². The molecule has 136 valence electrons. The number of benzene rings is 2. The molecule has 0 saturated carbocycles. The molecule has 1 unspecified atom stereocenters. The molecular formula is C20H22FN3O2. The molecule has 1 aliphatic heterocycles. The van der Waals surface area contributed by atoms with Gasteiger partial charge in [0.1, 0.15) is 11.9 Å². The van der Waals surface area contributed by atoms with E-state index in [1.54, 1.807) is 28.9 Å². The van der Waals surface area contributed by atoms with Gasteiger partial charge in [0, 0.05) is 31.7 Å². The minimum absolute atomic E-state index is 0.148. The van der Waals surface area contributed by atoms with Crippen LogP contribution in [0.2, 0.25) is 0 Å². The summed E-state index contributed by atoms with van der Waals surface area (Å²) in [6.45, 7) is 3.30. The highest BCUT2D eigenvalue weighted by molar-refractivity contribution is 5.94. The van der Waals surface area contributed by atoms with Crippen molar-refractivity contribution >= 4 is 11.8 Å². The molecule has 5 nitrogen and oxygen atoms in total. The monoisotopic (exact) mass is 355 g/mol. The van der Waals surface area contributed by atoms with Gasteiger partial charge in [0.25, 0.3) is 5.91 Å². The van der Waals surface area contributed by atoms with E-state index in [0.717, 1.165) is 5.56 Å². The van der Waals surface area contributed by atoms with Crippen LogP contribution in [-0.2, 0) is 4.79 Å². The Hall–Kier alpha value is -2.73. The Kier molecular flexibility index (Phi) is 5.32. The average Bonchev–Trinajstić information content (AvgIpc) is 2.69. The maximum Gasteiger partial charge on any atom is 0.254 e. The van der Waals surface area contributed by atoms with Gasteiger partial charge in [-0.3, -0.25) is 9.59 Å². The van der Waals surface area contributed by atoms with E-state index in [1.807, 2.05) is 30.3 Å². The largest absolute Gasteiger partial charge is 0.337 e. The second kappa shape index (κ2) is 7.66. The minimum atomic E-state index is -0.704. The number of amides is 2. The molecule has 0 spiro atoms. The van der Waals surface area contributed by atoms with E-state index in [4.69, 9.17) is 5.73 Å². The molecule has 0 aromatic heterocycles. The maximum absolute atomic E-state index is 13.7. The highest BCUT2D eigenvalue weighted by atomic mass is 19.1. The summed E-state index contributed by atoms with van der Waals surface area (Å²) < 4.78 is 13.7. The summed E-state index contributed by atoms with van der Waals surface area (Å²) in [5.74, 6) is -0.758. The van der Waals surface area contributed by atoms with Gasteiger partial charge in [-0.15, -0.1) is 0 Å². The van der Waals surface area contributed by atoms with Crippen LogP contribution in [0.1, 0.15) is 27.5 Å². The lowest BCUT2D eigenvalue weighted by molar-refractivity contribution is -0.134. The zero-order chi connectivity index (χ0) is 18.7. The summed E-state index contributed by atoms with van der Waals surface area (Å²) in [5, 5.41) is 0. The van der Waals surface area contributed by atoms with Gasteiger partial charge in [0.15, 0.2) is 0 Å². The number of carbonyl (C=O) groups excluding carboxylic acids is 2. The van der Waals surface area contributed by atoms with Crippen molar-refractivity contribution in [1.29, 1.82) is 0 Å². The lowest BCUT2D eigenvalue weighted by Gasteiger charge is -2.36. The van der Waals surface area contributed by atoms with E-state index in [1.165, 1.54) is 6.07 Å². The zero-order valence-corrected chi connectivity index (χ0v) is 14.7. The lowest BCUT2D eigenvalue weighted by Crippen LogP contribution is -2.52. The highest BCUT2D eigenvalue weighted by Crippen LogP contribution is 2.16. The number of hydrogen-bond acceptors (Lipinski definition) is 3. The molecule has 2 aromatic rings. The molecule has 1 fully saturated rings. The number of rotatable bonds is 3. The van der Waals surface area contributed by atoms with E-state index < -0.39 is 11.9 Å². The Bertz CT molecular complexity index is 802. The van der Waals surface area contributed by atoms with Crippen LogP contribution in [0.3, 0.4) is 0 Å². The number of halogens is 1. The first kappa shape index (κ1) is 18.1. The van der Waals surface area contributed by atoms with Crippen molar-refractivity contribution < 1.29 is 14.0 Å². The first-order chi connectivity index (χ1) is 12.5. The Labute approximate surface area is 152 Å². The average molecular weight is 355 g/mol. The van der Waals surface area contributed by atoms with Crippen molar-refractivity contribution in [2.45, 2.75) is 13.0 Å². The molecule has 0 bridgehead atoms. The predicted octanol–water partition coefficient (Wildman–Crippen LogP) is 2.12. The predicted molar refractivity (Wildman–Crippen MR) is 97.0 cm³/mol. The molecule has 0 radical (unpaired) electrons. The Balaban J connectivity index is 1.61. The van der Waals surface area contributed by atoms with Crippen molar-refractivity contribution in [3.8, 4) is 0 Å². The molecule has 26 heavy (non-hydrogen) atoms. The van der Waals surface area contributed by atoms with Crippen molar-refractivity contribution in [2.24, 2.45) is 5.73 Å². The first-order valence-electron chi connectivity index (χ1n) is 8.62. The van der Waals surface area contributed by atoms with Crippen LogP contribution in [0.15, 0.2) is 48.5 Å². The molecule has 2 aromatic carbocycles. The fraction of sp³-hybridized carbons (Fsp3) is 0.300. The van der Waals surface area contributed by atoms with E-state index >= 15 is 0 Å². The summed E-state index contributed by atoms with van der Waals surface area (Å²) in [6, 6.07) is 13.0. The second-order valence-corrected chi connectivity index (χ2v) is 6.47. The van der Waals surface area contributed by atoms with Gasteiger partial charge in [-0.1, -0.05) is 36.4 Å². The fourth-order valence-electron chi connectivity index (χ4n) is 3.04. The van der Waals surface area contributed by atoms with E-state index in [2.05, 4.69) is 0 Å². The van der Waals surface area contributed by atoms with Gasteiger partial charge < -0.3 is 15.5 Å². The number of nitrogens with two attached hydrogens (primary N) is 1. The normalized spacial score (nSPS) is 15.7. The van der Waals surface area contributed by atoms with Gasteiger partial charge in [0.05, 0.1) is 0 Å². The van der Waals surface area contributed by atoms with E-state index in [-0.39, 0.29) is 11.8 Å². The van der Waals surface area contributed by atoms with Crippen molar-refractivity contribution in [3.63, 3.8) is 0 Å². The lowest BCUT2D eigenvalue weighted by atomic mass is 10.1. The molecule has 1 saturated heterocycles. The first-order valence-corrected chi connectivity index (χ1v) is 8.62. The number of nitrogens with zero attached hydrogens (tertiary/aromatic N) is 2. The zero-order valence-electron chi connectivity index (χ0n) is 14.7. The SMILES string of the molecule is Cc1ccc(C(=O)N2CCN(C(=O)C(N)c3ccccc3)CC2)cc1F. The van der Waals surface area contributed by atoms with Crippen molar-refractivity contribution in [3.05, 3.63) is 71.0 Å². The van der Waals surface area contributed by atoms with Gasteiger partial charge in [-0.25, -0.2) is 4.39 Å². The highest BCUT2D eigenvalue weighted by Gasteiger charge is 2.28. The summed E-state index contributed by atoms with van der Waals surface area (Å²) >= 11 is 0. The topological polar surface area (TPSA) is 66.6 Å². The van der Waals surface area contributed by atoms with Crippen LogP contribution >= 0.6 is 0 Å². The third-order valence-electron chi connectivity index (χ3n) is 4.72. The standard InChI is InChI=1S/C20H22FN3O2/c1-14-7-8-16(13-17(14)21)19(25)23-9-11-24(12-10-23)20(26)18(22)15-5-3-2-4-6-15/h2-8,13,18H,9-12,22H2,1H3. The van der Waals surface area contributed by atoms with Gasteiger partial charge >= 0.3 is 0 Å². The summed E-state index contributed by atoms with van der Waals surface area (Å²) in [6.07, 6.45) is 0. The molecule has 2 N–H and O–H groups in total.